The van der Waals surface area contributed by atoms with Crippen LogP contribution >= 0.6 is 15.9 Å². The van der Waals surface area contributed by atoms with Crippen molar-refractivity contribution in [2.45, 2.75) is 20.8 Å². The summed E-state index contributed by atoms with van der Waals surface area (Å²) in [6.45, 7) is 5.93. The lowest BCUT2D eigenvalue weighted by atomic mass is 10.1. The first-order valence-corrected chi connectivity index (χ1v) is 8.30. The molecule has 1 aromatic carbocycles. The first kappa shape index (κ1) is 16.4. The van der Waals surface area contributed by atoms with E-state index in [2.05, 4.69) is 31.0 Å². The van der Waals surface area contributed by atoms with Crippen molar-refractivity contribution < 1.29 is 0 Å². The van der Waals surface area contributed by atoms with Crippen LogP contribution in [0.15, 0.2) is 50.8 Å². The summed E-state index contributed by atoms with van der Waals surface area (Å²) in [7, 11) is 0. The highest BCUT2D eigenvalue weighted by Crippen LogP contribution is 2.14. The fourth-order valence-electron chi connectivity index (χ4n) is 2.33. The Morgan fingerprint density at radius 2 is 1.96 bits per heavy atom. The summed E-state index contributed by atoms with van der Waals surface area (Å²) in [6, 6.07) is 9.56. The van der Waals surface area contributed by atoms with Crippen molar-refractivity contribution in [3.05, 3.63) is 73.7 Å². The Hall–Kier alpha value is -2.47. The van der Waals surface area contributed by atoms with Gasteiger partial charge in [0.05, 0.1) is 11.3 Å². The Bertz CT molecular complexity index is 968. The van der Waals surface area contributed by atoms with Crippen molar-refractivity contribution in [3.8, 4) is 5.69 Å². The van der Waals surface area contributed by atoms with Gasteiger partial charge in [0.1, 0.15) is 0 Å². The van der Waals surface area contributed by atoms with Gasteiger partial charge in [-0.1, -0.05) is 6.07 Å². The average Bonchev–Trinajstić information content (AvgIpc) is 2.84. The summed E-state index contributed by atoms with van der Waals surface area (Å²) in [4.78, 5) is 21.1. The first-order chi connectivity index (χ1) is 11.5. The molecule has 0 radical (unpaired) electrons. The monoisotopic (exact) mass is 384 g/mol. The SMILES string of the molecule is Cc1ccc(-n2[nH]c(C)c(C=Nc3ccc(Br)cn3)c2=O)cc1C. The normalized spacial score (nSPS) is 11.3. The Morgan fingerprint density at radius 1 is 1.17 bits per heavy atom. The highest BCUT2D eigenvalue weighted by atomic mass is 79.9. The highest BCUT2D eigenvalue weighted by molar-refractivity contribution is 9.10. The molecule has 3 rings (SSSR count). The van der Waals surface area contributed by atoms with Crippen molar-refractivity contribution in [1.29, 1.82) is 0 Å². The van der Waals surface area contributed by atoms with Crippen LogP contribution in [0.2, 0.25) is 0 Å². The summed E-state index contributed by atoms with van der Waals surface area (Å²) in [6.07, 6.45) is 3.23. The van der Waals surface area contributed by atoms with E-state index in [1.54, 1.807) is 18.5 Å². The number of rotatable bonds is 3. The molecule has 0 atom stereocenters. The van der Waals surface area contributed by atoms with E-state index < -0.39 is 0 Å². The maximum absolute atomic E-state index is 12.7. The van der Waals surface area contributed by atoms with E-state index in [9.17, 15) is 4.79 Å². The van der Waals surface area contributed by atoms with Gasteiger partial charge in [0, 0.05) is 22.6 Å². The van der Waals surface area contributed by atoms with Crippen molar-refractivity contribution in [2.24, 2.45) is 4.99 Å². The number of aryl methyl sites for hydroxylation is 3. The number of pyridine rings is 1. The van der Waals surface area contributed by atoms with Gasteiger partial charge in [-0.05, 0) is 72.1 Å². The number of aliphatic imine (C=N–C) groups is 1. The molecule has 122 valence electrons. The molecule has 0 aliphatic rings. The predicted octanol–water partition coefficient (Wildman–Crippen LogP) is 4.00. The van der Waals surface area contributed by atoms with E-state index in [-0.39, 0.29) is 5.56 Å². The zero-order valence-corrected chi connectivity index (χ0v) is 15.3. The summed E-state index contributed by atoms with van der Waals surface area (Å²) < 4.78 is 2.43. The van der Waals surface area contributed by atoms with Crippen molar-refractivity contribution in [2.75, 3.05) is 0 Å². The fourth-order valence-corrected chi connectivity index (χ4v) is 2.57. The lowest BCUT2D eigenvalue weighted by Crippen LogP contribution is -2.17. The van der Waals surface area contributed by atoms with E-state index in [0.717, 1.165) is 21.4 Å². The zero-order chi connectivity index (χ0) is 17.3. The minimum Gasteiger partial charge on any atom is -0.295 e. The largest absolute Gasteiger partial charge is 0.295 e. The van der Waals surface area contributed by atoms with E-state index in [0.29, 0.717) is 11.4 Å². The Morgan fingerprint density at radius 3 is 2.62 bits per heavy atom. The average molecular weight is 385 g/mol. The molecule has 1 N–H and O–H groups in total. The number of aromatic nitrogens is 3. The molecule has 0 amide bonds. The third kappa shape index (κ3) is 3.23. The lowest BCUT2D eigenvalue weighted by Gasteiger charge is -2.05. The lowest BCUT2D eigenvalue weighted by molar-refractivity contribution is 0.833. The molecule has 5 nitrogen and oxygen atoms in total. The molecular weight excluding hydrogens is 368 g/mol. The van der Waals surface area contributed by atoms with Crippen LogP contribution < -0.4 is 5.56 Å². The van der Waals surface area contributed by atoms with Crippen LogP contribution in [-0.4, -0.2) is 21.0 Å². The van der Waals surface area contributed by atoms with Gasteiger partial charge in [-0.2, -0.15) is 0 Å². The Balaban J connectivity index is 1.99. The number of aromatic amines is 1. The van der Waals surface area contributed by atoms with Crippen LogP contribution in [0.3, 0.4) is 0 Å². The molecule has 3 aromatic rings. The molecule has 0 fully saturated rings. The highest BCUT2D eigenvalue weighted by Gasteiger charge is 2.11. The van der Waals surface area contributed by atoms with Crippen molar-refractivity contribution in [3.63, 3.8) is 0 Å². The summed E-state index contributed by atoms with van der Waals surface area (Å²) in [5, 5.41) is 3.11. The van der Waals surface area contributed by atoms with Gasteiger partial charge in [-0.15, -0.1) is 0 Å². The zero-order valence-electron chi connectivity index (χ0n) is 13.7. The van der Waals surface area contributed by atoms with Gasteiger partial charge in [-0.25, -0.2) is 14.7 Å². The maximum Gasteiger partial charge on any atom is 0.280 e. The molecule has 0 aliphatic carbocycles. The van der Waals surface area contributed by atoms with Crippen LogP contribution in [0.5, 0.6) is 0 Å². The van der Waals surface area contributed by atoms with E-state index in [4.69, 9.17) is 0 Å². The van der Waals surface area contributed by atoms with Crippen LogP contribution in [0.25, 0.3) is 5.69 Å². The number of hydrogen-bond donors (Lipinski definition) is 1. The molecule has 0 bridgehead atoms. The van der Waals surface area contributed by atoms with E-state index in [1.807, 2.05) is 45.0 Å². The summed E-state index contributed by atoms with van der Waals surface area (Å²) in [5.74, 6) is 0.552. The van der Waals surface area contributed by atoms with Gasteiger partial charge >= 0.3 is 0 Å². The summed E-state index contributed by atoms with van der Waals surface area (Å²) in [5.41, 5.74) is 4.31. The van der Waals surface area contributed by atoms with Gasteiger partial charge in [0.15, 0.2) is 5.82 Å². The molecule has 0 spiro atoms. The van der Waals surface area contributed by atoms with Gasteiger partial charge in [0.2, 0.25) is 0 Å². The molecule has 0 saturated carbocycles. The quantitative estimate of drug-likeness (QED) is 0.693. The van der Waals surface area contributed by atoms with Gasteiger partial charge in [-0.3, -0.25) is 9.89 Å². The Labute approximate surface area is 148 Å². The fraction of sp³-hybridized carbons (Fsp3) is 0.167. The minimum absolute atomic E-state index is 0.128. The van der Waals surface area contributed by atoms with Crippen molar-refractivity contribution >= 4 is 28.0 Å². The maximum atomic E-state index is 12.7. The topological polar surface area (TPSA) is 63.0 Å². The molecule has 6 heteroatoms. The molecule has 2 aromatic heterocycles. The molecule has 24 heavy (non-hydrogen) atoms. The molecular formula is C18H17BrN4O. The van der Waals surface area contributed by atoms with Crippen molar-refractivity contribution in [1.82, 2.24) is 14.8 Å². The van der Waals surface area contributed by atoms with Gasteiger partial charge in [0.25, 0.3) is 5.56 Å². The van der Waals surface area contributed by atoms with E-state index >= 15 is 0 Å². The number of nitrogens with zero attached hydrogens (tertiary/aromatic N) is 3. The predicted molar refractivity (Wildman–Crippen MR) is 99.8 cm³/mol. The third-order valence-electron chi connectivity index (χ3n) is 3.90. The molecule has 0 aliphatic heterocycles. The third-order valence-corrected chi connectivity index (χ3v) is 4.37. The van der Waals surface area contributed by atoms with Crippen LogP contribution in [0.1, 0.15) is 22.4 Å². The number of halogens is 1. The number of nitrogens with one attached hydrogen (secondary N) is 1. The van der Waals surface area contributed by atoms with Gasteiger partial charge < -0.3 is 0 Å². The number of hydrogen-bond acceptors (Lipinski definition) is 3. The number of benzene rings is 1. The second-order valence-corrected chi connectivity index (χ2v) is 6.57. The van der Waals surface area contributed by atoms with Crippen LogP contribution in [0, 0.1) is 20.8 Å². The molecule has 2 heterocycles. The van der Waals surface area contributed by atoms with E-state index in [1.165, 1.54) is 10.2 Å². The minimum atomic E-state index is -0.128. The van der Waals surface area contributed by atoms with Crippen LogP contribution in [0.4, 0.5) is 5.82 Å². The Kier molecular flexibility index (Phi) is 4.49. The summed E-state index contributed by atoms with van der Waals surface area (Å²) >= 11 is 3.33. The second-order valence-electron chi connectivity index (χ2n) is 5.65. The van der Waals surface area contributed by atoms with Crippen LogP contribution in [-0.2, 0) is 0 Å². The number of H-pyrrole nitrogens is 1. The first-order valence-electron chi connectivity index (χ1n) is 7.50. The molecule has 0 saturated heterocycles. The standard InChI is InChI=1S/C18H17BrN4O/c1-11-4-6-15(8-12(11)2)23-18(24)16(13(3)22-23)10-21-17-7-5-14(19)9-20-17/h4-10,22H,1-3H3. The molecule has 0 unspecified atom stereocenters. The second kappa shape index (κ2) is 6.57. The smallest absolute Gasteiger partial charge is 0.280 e.